The molecule has 0 aromatic heterocycles. The Bertz CT molecular complexity index is 750. The molecule has 1 amide bonds. The van der Waals surface area contributed by atoms with Crippen molar-refractivity contribution in [3.8, 4) is 0 Å². The van der Waals surface area contributed by atoms with Crippen LogP contribution in [0.3, 0.4) is 0 Å². The summed E-state index contributed by atoms with van der Waals surface area (Å²) in [6.45, 7) is 0.570. The molecule has 0 radical (unpaired) electrons. The number of aliphatic carboxylic acids is 2. The largest absolute Gasteiger partial charge is 0.481 e. The first-order valence-electron chi connectivity index (χ1n) is 7.81. The predicted octanol–water partition coefficient (Wildman–Crippen LogP) is 0.756. The molecule has 2 rings (SSSR count). The molecule has 0 fully saturated rings. The maximum Gasteiger partial charge on any atom is 0.305 e. The average molecular weight is 366 g/mol. The molecular weight excluding hydrogens is 348 g/mol. The molecule has 26 heavy (non-hydrogen) atoms. The third-order valence-electron chi connectivity index (χ3n) is 3.75. The fraction of sp³-hybridized carbons (Fsp3) is 0.400. The number of hydrogen-bond donors (Lipinski definition) is 5. The van der Waals surface area contributed by atoms with Gasteiger partial charge in [-0.3, -0.25) is 24.5 Å². The second-order valence-corrected chi connectivity index (χ2v) is 5.74. The number of non-ortho nitro benzene ring substituents is 1. The Balaban J connectivity index is 2.20. The summed E-state index contributed by atoms with van der Waals surface area (Å²) in [6.07, 6.45) is -0.0545. The van der Waals surface area contributed by atoms with Crippen molar-refractivity contribution in [3.63, 3.8) is 0 Å². The van der Waals surface area contributed by atoms with Crippen molar-refractivity contribution < 1.29 is 29.5 Å². The first-order chi connectivity index (χ1) is 12.3. The lowest BCUT2D eigenvalue weighted by atomic mass is 10.0. The minimum absolute atomic E-state index is 0.00492. The quantitative estimate of drug-likeness (QED) is 0.240. The molecule has 1 aromatic carbocycles. The molecule has 0 saturated carbocycles. The minimum atomic E-state index is -1.16. The number of anilines is 2. The van der Waals surface area contributed by atoms with E-state index in [0.717, 1.165) is 0 Å². The summed E-state index contributed by atoms with van der Waals surface area (Å²) in [7, 11) is 0. The number of carbonyl (C=O) groups excluding carboxylic acids is 1. The zero-order valence-corrected chi connectivity index (χ0v) is 13.7. The van der Waals surface area contributed by atoms with Gasteiger partial charge >= 0.3 is 11.9 Å². The standard InChI is InChI=1S/C15H18N4O7/c20-12(21)2-1-3-16-7-8-4-9(19(25)26)5-10-14(8)17-11(6-13(22)23)15(24)18-10/h4-5,11,16-17H,1-3,6-7H2,(H,18,24)(H,20,21)(H,22,23). The molecule has 140 valence electrons. The van der Waals surface area contributed by atoms with Crippen LogP contribution < -0.4 is 16.0 Å². The number of rotatable bonds is 9. The van der Waals surface area contributed by atoms with Gasteiger partial charge in [0.1, 0.15) is 6.04 Å². The molecular formula is C15H18N4O7. The van der Waals surface area contributed by atoms with Gasteiger partial charge in [-0.1, -0.05) is 0 Å². The minimum Gasteiger partial charge on any atom is -0.481 e. The Morgan fingerprint density at radius 3 is 2.62 bits per heavy atom. The van der Waals surface area contributed by atoms with Crippen molar-refractivity contribution in [1.29, 1.82) is 0 Å². The first kappa shape index (κ1) is 19.1. The van der Waals surface area contributed by atoms with Gasteiger partial charge in [-0.25, -0.2) is 0 Å². The van der Waals surface area contributed by atoms with Crippen molar-refractivity contribution in [2.45, 2.75) is 31.8 Å². The Morgan fingerprint density at radius 1 is 1.27 bits per heavy atom. The Kier molecular flexibility index (Phi) is 6.07. The Morgan fingerprint density at radius 2 is 2.00 bits per heavy atom. The number of benzene rings is 1. The molecule has 1 aromatic rings. The number of nitro groups is 1. The van der Waals surface area contributed by atoms with Crippen molar-refractivity contribution >= 4 is 34.9 Å². The van der Waals surface area contributed by atoms with Gasteiger partial charge < -0.3 is 26.2 Å². The zero-order chi connectivity index (χ0) is 19.3. The third-order valence-corrected chi connectivity index (χ3v) is 3.75. The summed E-state index contributed by atoms with van der Waals surface area (Å²) in [5.41, 5.74) is 0.866. The van der Waals surface area contributed by atoms with E-state index < -0.39 is 35.2 Å². The molecule has 1 aliphatic rings. The van der Waals surface area contributed by atoms with Crippen LogP contribution in [0.15, 0.2) is 12.1 Å². The van der Waals surface area contributed by atoms with Crippen molar-refractivity contribution in [2.24, 2.45) is 0 Å². The highest BCUT2D eigenvalue weighted by molar-refractivity contribution is 6.05. The lowest BCUT2D eigenvalue weighted by Crippen LogP contribution is -2.41. The number of fused-ring (bicyclic) bond motifs is 1. The number of nitro benzene ring substituents is 1. The number of nitrogens with one attached hydrogen (secondary N) is 3. The monoisotopic (exact) mass is 366 g/mol. The summed E-state index contributed by atoms with van der Waals surface area (Å²) in [5, 5.41) is 36.9. The zero-order valence-electron chi connectivity index (χ0n) is 13.7. The molecule has 1 aliphatic heterocycles. The van der Waals surface area contributed by atoms with Crippen molar-refractivity contribution in [1.82, 2.24) is 5.32 Å². The van der Waals surface area contributed by atoms with Crippen LogP contribution in [-0.2, 0) is 20.9 Å². The van der Waals surface area contributed by atoms with Gasteiger partial charge in [0.2, 0.25) is 5.91 Å². The molecule has 11 nitrogen and oxygen atoms in total. The van der Waals surface area contributed by atoms with Gasteiger partial charge in [-0.2, -0.15) is 0 Å². The molecule has 1 heterocycles. The van der Waals surface area contributed by atoms with Gasteiger partial charge in [0.25, 0.3) is 5.69 Å². The number of amides is 1. The van der Waals surface area contributed by atoms with Crippen LogP contribution in [0.1, 0.15) is 24.8 Å². The van der Waals surface area contributed by atoms with Crippen molar-refractivity contribution in [2.75, 3.05) is 17.2 Å². The van der Waals surface area contributed by atoms with Crippen LogP contribution in [0.2, 0.25) is 0 Å². The third kappa shape index (κ3) is 4.89. The maximum absolute atomic E-state index is 12.0. The van der Waals surface area contributed by atoms with E-state index in [2.05, 4.69) is 16.0 Å². The van der Waals surface area contributed by atoms with Crippen LogP contribution in [0.5, 0.6) is 0 Å². The van der Waals surface area contributed by atoms with E-state index in [0.29, 0.717) is 24.2 Å². The SMILES string of the molecule is O=C(O)CCCNCc1cc([N+](=O)[O-])cc2c1NC(CC(=O)O)C(=O)N2. The van der Waals surface area contributed by atoms with Crippen LogP contribution in [0, 0.1) is 10.1 Å². The summed E-state index contributed by atoms with van der Waals surface area (Å²) < 4.78 is 0. The molecule has 5 N–H and O–H groups in total. The molecule has 0 aliphatic carbocycles. The van der Waals surface area contributed by atoms with E-state index >= 15 is 0 Å². The second kappa shape index (κ2) is 8.25. The molecule has 1 atom stereocenters. The number of nitrogens with zero attached hydrogens (tertiary/aromatic N) is 1. The highest BCUT2D eigenvalue weighted by Gasteiger charge is 2.30. The summed E-state index contributed by atoms with van der Waals surface area (Å²) in [6, 6.07) is 1.53. The van der Waals surface area contributed by atoms with Gasteiger partial charge in [0.05, 0.1) is 22.7 Å². The van der Waals surface area contributed by atoms with E-state index in [9.17, 15) is 24.5 Å². The number of carboxylic acids is 2. The van der Waals surface area contributed by atoms with E-state index in [-0.39, 0.29) is 24.3 Å². The molecule has 1 unspecified atom stereocenters. The average Bonchev–Trinajstić information content (AvgIpc) is 2.54. The second-order valence-electron chi connectivity index (χ2n) is 5.74. The normalized spacial score (nSPS) is 15.5. The van der Waals surface area contributed by atoms with E-state index in [1.54, 1.807) is 0 Å². The molecule has 0 spiro atoms. The fourth-order valence-corrected chi connectivity index (χ4v) is 2.56. The summed E-state index contributed by atoms with van der Waals surface area (Å²) in [5.74, 6) is -2.66. The number of hydrogen-bond acceptors (Lipinski definition) is 7. The van der Waals surface area contributed by atoms with Gasteiger partial charge in [0.15, 0.2) is 0 Å². The van der Waals surface area contributed by atoms with E-state index in [1.807, 2.05) is 0 Å². The Labute approximate surface area is 147 Å². The fourth-order valence-electron chi connectivity index (χ4n) is 2.56. The smallest absolute Gasteiger partial charge is 0.305 e. The topological polar surface area (TPSA) is 171 Å². The van der Waals surface area contributed by atoms with E-state index in [4.69, 9.17) is 10.2 Å². The maximum atomic E-state index is 12.0. The first-order valence-corrected chi connectivity index (χ1v) is 7.81. The van der Waals surface area contributed by atoms with Crippen LogP contribution in [0.4, 0.5) is 17.1 Å². The summed E-state index contributed by atoms with van der Waals surface area (Å²) in [4.78, 5) is 43.8. The lowest BCUT2D eigenvalue weighted by molar-refractivity contribution is -0.384. The van der Waals surface area contributed by atoms with Gasteiger partial charge in [-0.15, -0.1) is 0 Å². The van der Waals surface area contributed by atoms with Crippen molar-refractivity contribution in [3.05, 3.63) is 27.8 Å². The highest BCUT2D eigenvalue weighted by atomic mass is 16.6. The lowest BCUT2D eigenvalue weighted by Gasteiger charge is -2.27. The molecule has 11 heteroatoms. The van der Waals surface area contributed by atoms with E-state index in [1.165, 1.54) is 12.1 Å². The highest BCUT2D eigenvalue weighted by Crippen LogP contribution is 2.35. The van der Waals surface area contributed by atoms with Gasteiger partial charge in [-0.05, 0) is 18.5 Å². The Hall–Kier alpha value is -3.21. The summed E-state index contributed by atoms with van der Waals surface area (Å²) >= 11 is 0. The molecule has 0 saturated heterocycles. The predicted molar refractivity (Wildman–Crippen MR) is 90.0 cm³/mol. The van der Waals surface area contributed by atoms with Gasteiger partial charge in [0, 0.05) is 25.1 Å². The van der Waals surface area contributed by atoms with Crippen LogP contribution in [0.25, 0.3) is 0 Å². The molecule has 0 bridgehead atoms. The van der Waals surface area contributed by atoms with Crippen LogP contribution in [-0.4, -0.2) is 45.6 Å². The number of carbonyl (C=O) groups is 3. The van der Waals surface area contributed by atoms with Crippen LogP contribution >= 0.6 is 0 Å². The number of carboxylic acid groups (broad SMARTS) is 2.